The molecule has 0 amide bonds. The van der Waals surface area contributed by atoms with Crippen molar-refractivity contribution in [2.75, 3.05) is 0 Å². The maximum Gasteiger partial charge on any atom is 0 e. The summed E-state index contributed by atoms with van der Waals surface area (Å²) in [6, 6.07) is 0. The van der Waals surface area contributed by atoms with E-state index in [0.29, 0.717) is 0 Å². The van der Waals surface area contributed by atoms with Gasteiger partial charge in [0.25, 0.3) is 0 Å². The Morgan fingerprint density at radius 2 is 1.25 bits per heavy atom. The fraction of sp³-hybridized carbons (Fsp3) is 0. The summed E-state index contributed by atoms with van der Waals surface area (Å²) in [7, 11) is 0. The van der Waals surface area contributed by atoms with Crippen LogP contribution >= 0.6 is 0 Å². The summed E-state index contributed by atoms with van der Waals surface area (Å²) in [4.78, 5) is 0. The van der Waals surface area contributed by atoms with Crippen molar-refractivity contribution in [1.29, 1.82) is 0 Å². The van der Waals surface area contributed by atoms with Crippen LogP contribution in [0.15, 0.2) is 0 Å². The standard InChI is InChI=1S/Ba.Bi.O.W. The van der Waals surface area contributed by atoms with E-state index in [1.54, 1.807) is 0 Å². The normalized spacial score (nSPS) is 1.00. The molecule has 0 aromatic carbocycles. The molecule has 4 heavy (non-hydrogen) atoms. The van der Waals surface area contributed by atoms with Gasteiger partial charge < -0.3 is 0 Å². The van der Waals surface area contributed by atoms with Gasteiger partial charge in [0.05, 0.1) is 0 Å². The van der Waals surface area contributed by atoms with Crippen molar-refractivity contribution in [1.82, 2.24) is 0 Å². The Balaban J connectivity index is -0.00000000500. The third kappa shape index (κ3) is 8.87. The van der Waals surface area contributed by atoms with Crippen LogP contribution < -0.4 is 0 Å². The molecule has 1 nitrogen and oxygen atoms in total. The van der Waals surface area contributed by atoms with Gasteiger partial charge in [-0.05, 0) is 0 Å². The van der Waals surface area contributed by atoms with E-state index in [-0.39, 0.29) is 94.7 Å². The Bertz CT molecular complexity index is 8.00. The van der Waals surface area contributed by atoms with Gasteiger partial charge in [-0.2, -0.15) is 0 Å². The molecule has 0 aromatic rings. The average Bonchev–Trinajstić information content (AvgIpc) is 1.00. The van der Waals surface area contributed by atoms with Crippen molar-refractivity contribution < 1.29 is 23.9 Å². The van der Waals surface area contributed by atoms with Crippen molar-refractivity contribution >= 4 is 73.6 Å². The Labute approximate surface area is 94.9 Å². The second-order valence-corrected chi connectivity index (χ2v) is 0. The van der Waals surface area contributed by atoms with E-state index < -0.39 is 0 Å². The van der Waals surface area contributed by atoms with Gasteiger partial charge in [0.2, 0.25) is 0 Å². The van der Waals surface area contributed by atoms with E-state index in [9.17, 15) is 0 Å². The van der Waals surface area contributed by atoms with E-state index >= 15 is 0 Å². The van der Waals surface area contributed by atoms with E-state index in [4.69, 9.17) is 2.81 Å². The molecule has 0 unspecified atom stereocenters. The van der Waals surface area contributed by atoms with Gasteiger partial charge in [-0.25, -0.2) is 0 Å². The first kappa shape index (κ1) is 15.8. The van der Waals surface area contributed by atoms with Crippen LogP contribution in [0.4, 0.5) is 0 Å². The molecule has 0 rings (SSSR count). The predicted molar refractivity (Wildman–Crippen MR) is 12.2 cm³/mol. The van der Waals surface area contributed by atoms with Gasteiger partial charge in [0.15, 0.2) is 0 Å². The molecule has 0 atom stereocenters. The van der Waals surface area contributed by atoms with Gasteiger partial charge in [-0.15, -0.1) is 0 Å². The zero-order valence-corrected chi connectivity index (χ0v) is 12.8. The molecule has 0 aliphatic heterocycles. The Morgan fingerprint density at radius 3 is 1.25 bits per heavy atom. The van der Waals surface area contributed by atoms with Crippen LogP contribution in [0.25, 0.3) is 0 Å². The Hall–Kier alpha value is 2.94. The molecule has 3 radical (unpaired) electrons. The third-order valence-corrected chi connectivity index (χ3v) is 0. The quantitative estimate of drug-likeness (QED) is 0.361. The first-order chi connectivity index (χ1) is 1.00. The van der Waals surface area contributed by atoms with Crippen molar-refractivity contribution in [3.63, 3.8) is 0 Å². The molecule has 19 valence electrons. The summed E-state index contributed by atoms with van der Waals surface area (Å²) in [5.41, 5.74) is 0. The smallest absolute Gasteiger partial charge is 0 e. The fourth-order valence-corrected chi connectivity index (χ4v) is 0. The number of rotatable bonds is 0. The van der Waals surface area contributed by atoms with E-state index in [1.807, 2.05) is 0 Å². The second-order valence-electron chi connectivity index (χ2n) is 0. The largest absolute Gasteiger partial charge is 0 e. The average molecular weight is 546 g/mol. The fourth-order valence-electron chi connectivity index (χ4n) is 0. The van der Waals surface area contributed by atoms with Crippen LogP contribution in [0.2, 0.25) is 0 Å². The van der Waals surface area contributed by atoms with Crippen molar-refractivity contribution in [2.45, 2.75) is 0 Å². The molecule has 0 aromatic heterocycles. The first-order valence-electron chi connectivity index (χ1n) is 0.183. The summed E-state index contributed by atoms with van der Waals surface area (Å²) in [6.45, 7) is 0. The Kier molecular flexibility index (Phi) is 66.1. The van der Waals surface area contributed by atoms with E-state index in [1.165, 1.54) is 0 Å². The molecular weight excluding hydrogens is 546 g/mol. The first-order valence-corrected chi connectivity index (χ1v) is 1.60. The molecule has 0 bridgehead atoms. The molecule has 0 saturated heterocycles. The van der Waals surface area contributed by atoms with Crippen molar-refractivity contribution in [3.05, 3.63) is 0 Å². The van der Waals surface area contributed by atoms with Crippen molar-refractivity contribution in [3.8, 4) is 0 Å². The second kappa shape index (κ2) is 16.8. The molecule has 0 aliphatic rings. The SMILES string of the molecule is [Ba].[O]=[Bi].[W]. The topological polar surface area (TPSA) is 17.1 Å². The van der Waals surface area contributed by atoms with Crippen LogP contribution in [-0.4, -0.2) is 73.6 Å². The van der Waals surface area contributed by atoms with Crippen LogP contribution in [0.3, 0.4) is 0 Å². The third-order valence-electron chi connectivity index (χ3n) is 0. The predicted octanol–water partition coefficient (Wildman–Crippen LogP) is -0.883. The van der Waals surface area contributed by atoms with Gasteiger partial charge >= 0.3 is 27.5 Å². The van der Waals surface area contributed by atoms with Crippen LogP contribution in [0.1, 0.15) is 0 Å². The van der Waals surface area contributed by atoms with Gasteiger partial charge in [0, 0.05) is 69.9 Å². The minimum Gasteiger partial charge on any atom is 0 e. The van der Waals surface area contributed by atoms with Gasteiger partial charge in [-0.3, -0.25) is 0 Å². The summed E-state index contributed by atoms with van der Waals surface area (Å²) >= 11 is 0.194. The van der Waals surface area contributed by atoms with E-state index in [0.717, 1.165) is 0 Å². The summed E-state index contributed by atoms with van der Waals surface area (Å²) in [5, 5.41) is 0. The zero-order chi connectivity index (χ0) is 2.00. The molecular formula is BaBiOW. The number of hydrogen-bond donors (Lipinski definition) is 0. The maximum atomic E-state index is 8.36. The molecule has 0 N–H and O–H groups in total. The molecule has 0 aliphatic carbocycles. The van der Waals surface area contributed by atoms with Gasteiger partial charge in [0.1, 0.15) is 0 Å². The zero-order valence-electron chi connectivity index (χ0n) is 1.97. The maximum absolute atomic E-state index is 8.36. The van der Waals surface area contributed by atoms with Crippen LogP contribution in [0.5, 0.6) is 0 Å². The summed E-state index contributed by atoms with van der Waals surface area (Å²) in [6.07, 6.45) is 0. The molecule has 4 heteroatoms. The van der Waals surface area contributed by atoms with Crippen LogP contribution in [-0.2, 0) is 23.9 Å². The number of hydrogen-bond acceptors (Lipinski definition) is 1. The molecule has 0 fully saturated rings. The van der Waals surface area contributed by atoms with Crippen LogP contribution in [0, 0.1) is 0 Å². The van der Waals surface area contributed by atoms with Crippen molar-refractivity contribution in [2.24, 2.45) is 0 Å². The minimum absolute atomic E-state index is 0. The summed E-state index contributed by atoms with van der Waals surface area (Å²) < 4.78 is 8.36. The molecule has 0 heterocycles. The minimum atomic E-state index is 0. The molecule has 0 saturated carbocycles. The van der Waals surface area contributed by atoms with Gasteiger partial charge in [-0.1, -0.05) is 0 Å². The monoisotopic (exact) mass is 547 g/mol. The molecule has 0 spiro atoms. The van der Waals surface area contributed by atoms with E-state index in [2.05, 4.69) is 0 Å². The Morgan fingerprint density at radius 1 is 1.25 bits per heavy atom. The summed E-state index contributed by atoms with van der Waals surface area (Å²) in [5.74, 6) is 0.